The van der Waals surface area contributed by atoms with E-state index in [1.807, 2.05) is 48.5 Å². The smallest absolute Gasteiger partial charge is 0.151 e. The molecule has 0 saturated heterocycles. The summed E-state index contributed by atoms with van der Waals surface area (Å²) >= 11 is 0. The van der Waals surface area contributed by atoms with E-state index in [1.165, 1.54) is 12.1 Å². The Morgan fingerprint density at radius 2 is 1.26 bits per heavy atom. The average molecular weight is 306 g/mol. The second-order valence-corrected chi connectivity index (χ2v) is 5.29. The molecule has 1 aliphatic rings. The summed E-state index contributed by atoms with van der Waals surface area (Å²) < 4.78 is 26.7. The molecular weight excluding hydrogens is 294 g/mol. The minimum Gasteiger partial charge on any atom is -0.275 e. The number of anilines is 1. The number of nitrogens with one attached hydrogen (secondary N) is 1. The molecule has 0 aromatic heterocycles. The highest BCUT2D eigenvalue weighted by molar-refractivity contribution is 6.24. The Morgan fingerprint density at radius 1 is 0.696 bits per heavy atom. The van der Waals surface area contributed by atoms with Crippen LogP contribution in [-0.2, 0) is 0 Å². The van der Waals surface area contributed by atoms with E-state index in [0.717, 1.165) is 34.0 Å². The predicted molar refractivity (Wildman–Crippen MR) is 87.5 cm³/mol. The van der Waals surface area contributed by atoms with Crippen LogP contribution in [0.25, 0.3) is 11.1 Å². The summed E-state index contributed by atoms with van der Waals surface area (Å²) in [6, 6.07) is 19.2. The maximum absolute atomic E-state index is 13.7. The van der Waals surface area contributed by atoms with Gasteiger partial charge in [-0.1, -0.05) is 48.5 Å². The van der Waals surface area contributed by atoms with Gasteiger partial charge in [0.1, 0.15) is 5.82 Å². The molecule has 4 heteroatoms. The molecule has 0 amide bonds. The number of fused-ring (bicyclic) bond motifs is 3. The molecule has 4 rings (SSSR count). The summed E-state index contributed by atoms with van der Waals surface area (Å²) in [5, 5.41) is 4.37. The number of hydrogen-bond donors (Lipinski definition) is 1. The molecule has 0 atom stereocenters. The van der Waals surface area contributed by atoms with E-state index in [9.17, 15) is 8.78 Å². The van der Waals surface area contributed by atoms with Crippen LogP contribution in [0, 0.1) is 11.6 Å². The van der Waals surface area contributed by atoms with Crippen molar-refractivity contribution in [1.29, 1.82) is 0 Å². The molecule has 1 aliphatic carbocycles. The Kier molecular flexibility index (Phi) is 3.15. The van der Waals surface area contributed by atoms with Gasteiger partial charge in [0.25, 0.3) is 0 Å². The molecule has 3 aromatic rings. The highest BCUT2D eigenvalue weighted by atomic mass is 19.1. The van der Waals surface area contributed by atoms with Crippen LogP contribution >= 0.6 is 0 Å². The molecule has 0 spiro atoms. The van der Waals surface area contributed by atoms with Crippen molar-refractivity contribution in [3.8, 4) is 11.1 Å². The Bertz CT molecular complexity index is 885. The van der Waals surface area contributed by atoms with Gasteiger partial charge in [-0.2, -0.15) is 5.10 Å². The number of benzene rings is 3. The second kappa shape index (κ2) is 5.32. The zero-order chi connectivity index (χ0) is 15.8. The SMILES string of the molecule is Fc1ccc(NN=C2c3ccccc3-c3ccccc32)c(F)c1. The summed E-state index contributed by atoms with van der Waals surface area (Å²) in [4.78, 5) is 0. The van der Waals surface area contributed by atoms with Crippen LogP contribution in [0.5, 0.6) is 0 Å². The first-order chi connectivity index (χ1) is 11.2. The Morgan fingerprint density at radius 3 is 1.83 bits per heavy atom. The van der Waals surface area contributed by atoms with E-state index in [4.69, 9.17) is 0 Å². The van der Waals surface area contributed by atoms with E-state index in [-0.39, 0.29) is 5.69 Å². The van der Waals surface area contributed by atoms with E-state index >= 15 is 0 Å². The van der Waals surface area contributed by atoms with E-state index in [2.05, 4.69) is 10.5 Å². The molecule has 3 aromatic carbocycles. The van der Waals surface area contributed by atoms with Crippen LogP contribution in [-0.4, -0.2) is 5.71 Å². The summed E-state index contributed by atoms with van der Waals surface area (Å²) in [6.45, 7) is 0. The monoisotopic (exact) mass is 306 g/mol. The van der Waals surface area contributed by atoms with Crippen LogP contribution in [0.2, 0.25) is 0 Å². The molecule has 23 heavy (non-hydrogen) atoms. The van der Waals surface area contributed by atoms with Crippen LogP contribution in [0.4, 0.5) is 14.5 Å². The molecule has 1 N–H and O–H groups in total. The number of hydrazone groups is 1. The number of halogens is 2. The van der Waals surface area contributed by atoms with Gasteiger partial charge in [0.15, 0.2) is 5.82 Å². The van der Waals surface area contributed by atoms with E-state index in [0.29, 0.717) is 0 Å². The number of hydrogen-bond acceptors (Lipinski definition) is 2. The first kappa shape index (κ1) is 13.6. The minimum absolute atomic E-state index is 0.140. The summed E-state index contributed by atoms with van der Waals surface area (Å²) in [5.41, 5.74) is 7.78. The van der Waals surface area contributed by atoms with Gasteiger partial charge in [-0.05, 0) is 23.3 Å². The van der Waals surface area contributed by atoms with Gasteiger partial charge in [-0.15, -0.1) is 0 Å². The zero-order valence-corrected chi connectivity index (χ0v) is 12.1. The van der Waals surface area contributed by atoms with Gasteiger partial charge in [0.2, 0.25) is 0 Å². The zero-order valence-electron chi connectivity index (χ0n) is 12.1. The molecule has 0 bridgehead atoms. The van der Waals surface area contributed by atoms with Crippen LogP contribution in [0.3, 0.4) is 0 Å². The maximum atomic E-state index is 13.7. The molecule has 0 fully saturated rings. The minimum atomic E-state index is -0.672. The van der Waals surface area contributed by atoms with Crippen LogP contribution in [0.15, 0.2) is 71.8 Å². The Hall–Kier alpha value is -3.01. The lowest BCUT2D eigenvalue weighted by atomic mass is 10.1. The highest BCUT2D eigenvalue weighted by Crippen LogP contribution is 2.36. The number of rotatable bonds is 2. The van der Waals surface area contributed by atoms with Gasteiger partial charge in [-0.25, -0.2) is 8.78 Å². The van der Waals surface area contributed by atoms with Gasteiger partial charge < -0.3 is 0 Å². The summed E-state index contributed by atoms with van der Waals surface area (Å²) in [6.07, 6.45) is 0. The first-order valence-corrected chi connectivity index (χ1v) is 7.22. The lowest BCUT2D eigenvalue weighted by molar-refractivity contribution is 0.585. The largest absolute Gasteiger partial charge is 0.275 e. The average Bonchev–Trinajstić information content (AvgIpc) is 2.89. The van der Waals surface area contributed by atoms with Crippen LogP contribution in [0.1, 0.15) is 11.1 Å². The van der Waals surface area contributed by atoms with Crippen molar-refractivity contribution in [2.75, 3.05) is 5.43 Å². The van der Waals surface area contributed by atoms with Crippen molar-refractivity contribution in [3.05, 3.63) is 89.5 Å². The summed E-state index contributed by atoms with van der Waals surface area (Å²) in [5.74, 6) is -1.29. The predicted octanol–water partition coefficient (Wildman–Crippen LogP) is 4.81. The Labute approximate surface area is 132 Å². The molecule has 0 heterocycles. The van der Waals surface area contributed by atoms with Crippen molar-refractivity contribution in [1.82, 2.24) is 0 Å². The van der Waals surface area contributed by atoms with Gasteiger partial charge >= 0.3 is 0 Å². The number of nitrogens with zero attached hydrogens (tertiary/aromatic N) is 1. The van der Waals surface area contributed by atoms with Gasteiger partial charge in [-0.3, -0.25) is 5.43 Å². The van der Waals surface area contributed by atoms with Crippen molar-refractivity contribution in [2.45, 2.75) is 0 Å². The van der Waals surface area contributed by atoms with E-state index < -0.39 is 11.6 Å². The van der Waals surface area contributed by atoms with Gasteiger partial charge in [0, 0.05) is 17.2 Å². The third-order valence-electron chi connectivity index (χ3n) is 3.87. The van der Waals surface area contributed by atoms with E-state index in [1.54, 1.807) is 0 Å². The fraction of sp³-hybridized carbons (Fsp3) is 0. The molecule has 0 aliphatic heterocycles. The lowest BCUT2D eigenvalue weighted by Gasteiger charge is -2.05. The quantitative estimate of drug-likeness (QED) is 0.528. The molecule has 0 unspecified atom stereocenters. The van der Waals surface area contributed by atoms with Gasteiger partial charge in [0.05, 0.1) is 11.4 Å². The normalized spacial score (nSPS) is 11.8. The van der Waals surface area contributed by atoms with Crippen molar-refractivity contribution >= 4 is 11.4 Å². The first-order valence-electron chi connectivity index (χ1n) is 7.22. The maximum Gasteiger partial charge on any atom is 0.151 e. The fourth-order valence-electron chi connectivity index (χ4n) is 2.81. The molecule has 0 radical (unpaired) electrons. The third-order valence-corrected chi connectivity index (χ3v) is 3.87. The molecular formula is C19H12F2N2. The topological polar surface area (TPSA) is 24.4 Å². The Balaban J connectivity index is 1.79. The standard InChI is InChI=1S/C19H12F2N2/c20-12-9-10-18(17(21)11-12)22-23-19-15-7-3-1-5-13(15)14-6-2-4-8-16(14)19/h1-11,22H. The molecule has 2 nitrogen and oxygen atoms in total. The summed E-state index contributed by atoms with van der Waals surface area (Å²) in [7, 11) is 0. The van der Waals surface area contributed by atoms with Crippen molar-refractivity contribution in [2.24, 2.45) is 5.10 Å². The fourth-order valence-corrected chi connectivity index (χ4v) is 2.81. The third kappa shape index (κ3) is 2.28. The second-order valence-electron chi connectivity index (χ2n) is 5.29. The van der Waals surface area contributed by atoms with Crippen molar-refractivity contribution in [3.63, 3.8) is 0 Å². The molecule has 0 saturated carbocycles. The lowest BCUT2D eigenvalue weighted by Crippen LogP contribution is -2.03. The molecule has 112 valence electrons. The van der Waals surface area contributed by atoms with Crippen molar-refractivity contribution < 1.29 is 8.78 Å². The highest BCUT2D eigenvalue weighted by Gasteiger charge is 2.24. The van der Waals surface area contributed by atoms with Crippen LogP contribution < -0.4 is 5.43 Å².